The van der Waals surface area contributed by atoms with Crippen molar-refractivity contribution in [2.24, 2.45) is 0 Å². The Kier molecular flexibility index (Phi) is 4.87. The molecule has 27 heavy (non-hydrogen) atoms. The Labute approximate surface area is 156 Å². The summed E-state index contributed by atoms with van der Waals surface area (Å²) in [6.07, 6.45) is 3.25. The van der Waals surface area contributed by atoms with E-state index in [4.69, 9.17) is 14.2 Å². The van der Waals surface area contributed by atoms with Gasteiger partial charge in [0.25, 0.3) is 0 Å². The van der Waals surface area contributed by atoms with Gasteiger partial charge < -0.3 is 24.4 Å². The zero-order valence-corrected chi connectivity index (χ0v) is 15.1. The largest absolute Gasteiger partial charge is 0.465 e. The van der Waals surface area contributed by atoms with E-state index in [0.29, 0.717) is 24.7 Å². The van der Waals surface area contributed by atoms with Crippen LogP contribution in [0.4, 0.5) is 17.5 Å². The number of ether oxygens (including phenoxy) is 3. The third kappa shape index (κ3) is 3.83. The van der Waals surface area contributed by atoms with E-state index in [0.717, 1.165) is 37.4 Å². The topological polar surface area (TPSA) is 98.7 Å². The Hall–Kier alpha value is -2.78. The molecule has 2 saturated heterocycles. The zero-order chi connectivity index (χ0) is 18.7. The Balaban J connectivity index is 1.41. The molecule has 0 saturated carbocycles. The fourth-order valence-electron chi connectivity index (χ4n) is 3.30. The molecule has 2 aromatic rings. The lowest BCUT2D eigenvalue weighted by Gasteiger charge is -2.37. The molecule has 2 aliphatic rings. The van der Waals surface area contributed by atoms with Gasteiger partial charge in [-0.1, -0.05) is 0 Å². The van der Waals surface area contributed by atoms with Crippen LogP contribution < -0.4 is 10.2 Å². The van der Waals surface area contributed by atoms with Crippen LogP contribution in [0, 0.1) is 0 Å². The maximum Gasteiger partial charge on any atom is 0.337 e. The fraction of sp³-hybridized carbons (Fsp3) is 0.444. The first-order valence-electron chi connectivity index (χ1n) is 8.85. The van der Waals surface area contributed by atoms with Gasteiger partial charge in [0, 0.05) is 31.6 Å². The molecule has 1 N–H and O–H groups in total. The molecular formula is C18H21N5O4. The van der Waals surface area contributed by atoms with Gasteiger partial charge >= 0.3 is 5.97 Å². The van der Waals surface area contributed by atoms with E-state index >= 15 is 0 Å². The molecule has 9 nitrogen and oxygen atoms in total. The average Bonchev–Trinajstić information content (AvgIpc) is 3.17. The number of carbonyl (C=O) groups excluding carboxylic acids is 1. The summed E-state index contributed by atoms with van der Waals surface area (Å²) in [6.45, 7) is 2.90. The number of benzene rings is 1. The molecule has 9 heteroatoms. The number of hydrogen-bond donors (Lipinski definition) is 1. The van der Waals surface area contributed by atoms with Gasteiger partial charge in [-0.05, 0) is 24.3 Å². The van der Waals surface area contributed by atoms with Crippen LogP contribution in [0.5, 0.6) is 0 Å². The number of aromatic nitrogens is 3. The summed E-state index contributed by atoms with van der Waals surface area (Å²) < 4.78 is 16.2. The molecule has 3 heterocycles. The minimum absolute atomic E-state index is 0.375. The quantitative estimate of drug-likeness (QED) is 0.806. The van der Waals surface area contributed by atoms with Crippen LogP contribution in [0.15, 0.2) is 30.5 Å². The Bertz CT molecular complexity index is 798. The highest BCUT2D eigenvalue weighted by molar-refractivity contribution is 5.89. The lowest BCUT2D eigenvalue weighted by molar-refractivity contribution is -0.169. The number of nitrogens with zero attached hydrogens (tertiary/aromatic N) is 4. The molecule has 142 valence electrons. The number of rotatable bonds is 4. The average molecular weight is 371 g/mol. The van der Waals surface area contributed by atoms with E-state index in [1.165, 1.54) is 7.11 Å². The molecule has 2 fully saturated rings. The minimum Gasteiger partial charge on any atom is -0.465 e. The van der Waals surface area contributed by atoms with E-state index in [1.807, 2.05) is 0 Å². The van der Waals surface area contributed by atoms with Gasteiger partial charge in [0.1, 0.15) is 0 Å². The van der Waals surface area contributed by atoms with E-state index in [1.54, 1.807) is 30.5 Å². The molecule has 1 aromatic carbocycles. The smallest absolute Gasteiger partial charge is 0.337 e. The van der Waals surface area contributed by atoms with Crippen molar-refractivity contribution in [3.05, 3.63) is 36.0 Å². The van der Waals surface area contributed by atoms with Crippen molar-refractivity contribution in [3.63, 3.8) is 0 Å². The minimum atomic E-state index is -0.417. The summed E-state index contributed by atoms with van der Waals surface area (Å²) in [6, 6.07) is 6.89. The number of carbonyl (C=O) groups is 1. The normalized spacial score (nSPS) is 18.5. The van der Waals surface area contributed by atoms with Gasteiger partial charge in [-0.15, -0.1) is 5.10 Å². The van der Waals surface area contributed by atoms with Crippen LogP contribution in [0.25, 0.3) is 0 Å². The molecule has 0 atom stereocenters. The highest BCUT2D eigenvalue weighted by atomic mass is 16.7. The summed E-state index contributed by atoms with van der Waals surface area (Å²) >= 11 is 0. The maximum atomic E-state index is 11.5. The summed E-state index contributed by atoms with van der Waals surface area (Å²) in [5.74, 6) is 0.359. The lowest BCUT2D eigenvalue weighted by Crippen LogP contribution is -2.45. The summed E-state index contributed by atoms with van der Waals surface area (Å²) in [5.41, 5.74) is 1.24. The van der Waals surface area contributed by atoms with Crippen LogP contribution in [0.2, 0.25) is 0 Å². The first kappa shape index (κ1) is 17.6. The first-order valence-corrected chi connectivity index (χ1v) is 8.85. The van der Waals surface area contributed by atoms with Crippen molar-refractivity contribution in [1.82, 2.24) is 15.2 Å². The Morgan fingerprint density at radius 3 is 2.56 bits per heavy atom. The Morgan fingerprint density at radius 2 is 1.89 bits per heavy atom. The second kappa shape index (κ2) is 7.45. The molecule has 2 aliphatic heterocycles. The zero-order valence-electron chi connectivity index (χ0n) is 15.1. The van der Waals surface area contributed by atoms with Gasteiger partial charge in [0.15, 0.2) is 11.6 Å². The predicted molar refractivity (Wildman–Crippen MR) is 97.0 cm³/mol. The summed E-state index contributed by atoms with van der Waals surface area (Å²) in [7, 11) is 1.35. The predicted octanol–water partition coefficient (Wildman–Crippen LogP) is 1.75. The third-order valence-corrected chi connectivity index (χ3v) is 4.77. The summed E-state index contributed by atoms with van der Waals surface area (Å²) in [4.78, 5) is 18.2. The second-order valence-corrected chi connectivity index (χ2v) is 6.43. The Morgan fingerprint density at radius 1 is 1.19 bits per heavy atom. The molecular weight excluding hydrogens is 350 g/mol. The van der Waals surface area contributed by atoms with E-state index in [2.05, 4.69) is 25.4 Å². The van der Waals surface area contributed by atoms with Gasteiger partial charge in [-0.2, -0.15) is 10.1 Å². The van der Waals surface area contributed by atoms with Gasteiger partial charge in [0.2, 0.25) is 5.95 Å². The monoisotopic (exact) mass is 371 g/mol. The highest BCUT2D eigenvalue weighted by Gasteiger charge is 2.40. The molecule has 0 amide bonds. The van der Waals surface area contributed by atoms with Gasteiger partial charge in [-0.3, -0.25) is 0 Å². The maximum absolute atomic E-state index is 11.5. The van der Waals surface area contributed by atoms with Gasteiger partial charge in [0.05, 0.1) is 32.1 Å². The number of nitrogens with one attached hydrogen (secondary N) is 1. The SMILES string of the molecule is COC(=O)c1ccc(Nc2nncc(N3CCC4(CC3)OCCO4)n2)cc1. The standard InChI is InChI=1S/C18H21N5O4/c1-25-16(24)13-2-4-14(5-3-13)20-17-21-15(12-19-22-17)23-8-6-18(7-9-23)26-10-11-27-18/h2-5,12H,6-11H2,1H3,(H,20,21,22). The van der Waals surface area contributed by atoms with Crippen molar-refractivity contribution in [3.8, 4) is 0 Å². The van der Waals surface area contributed by atoms with E-state index in [-0.39, 0.29) is 5.97 Å². The molecule has 0 radical (unpaired) electrons. The number of hydrogen-bond acceptors (Lipinski definition) is 9. The highest BCUT2D eigenvalue weighted by Crippen LogP contribution is 2.32. The van der Waals surface area contributed by atoms with Crippen LogP contribution in [0.3, 0.4) is 0 Å². The van der Waals surface area contributed by atoms with Crippen LogP contribution in [0.1, 0.15) is 23.2 Å². The molecule has 0 unspecified atom stereocenters. The molecule has 0 aliphatic carbocycles. The molecule has 1 spiro atoms. The number of piperidine rings is 1. The van der Waals surface area contributed by atoms with Crippen LogP contribution >= 0.6 is 0 Å². The van der Waals surface area contributed by atoms with Crippen molar-refractivity contribution in [2.45, 2.75) is 18.6 Å². The number of anilines is 3. The van der Waals surface area contributed by atoms with E-state index < -0.39 is 5.79 Å². The van der Waals surface area contributed by atoms with Crippen molar-refractivity contribution >= 4 is 23.4 Å². The van der Waals surface area contributed by atoms with E-state index in [9.17, 15) is 4.79 Å². The third-order valence-electron chi connectivity index (χ3n) is 4.77. The fourth-order valence-corrected chi connectivity index (χ4v) is 3.30. The first-order chi connectivity index (χ1) is 13.2. The van der Waals surface area contributed by atoms with Crippen LogP contribution in [-0.2, 0) is 14.2 Å². The second-order valence-electron chi connectivity index (χ2n) is 6.43. The molecule has 1 aromatic heterocycles. The van der Waals surface area contributed by atoms with Crippen LogP contribution in [-0.4, -0.2) is 60.4 Å². The lowest BCUT2D eigenvalue weighted by atomic mass is 10.0. The summed E-state index contributed by atoms with van der Waals surface area (Å²) in [5, 5.41) is 11.2. The van der Waals surface area contributed by atoms with Crippen molar-refractivity contribution in [1.29, 1.82) is 0 Å². The van der Waals surface area contributed by atoms with Gasteiger partial charge in [-0.25, -0.2) is 4.79 Å². The number of methoxy groups -OCH3 is 1. The number of esters is 1. The van der Waals surface area contributed by atoms with Crippen molar-refractivity contribution < 1.29 is 19.0 Å². The van der Waals surface area contributed by atoms with Crippen molar-refractivity contribution in [2.75, 3.05) is 43.6 Å². The molecule has 4 rings (SSSR count). The molecule has 0 bridgehead atoms.